The maximum Gasteiger partial charge on any atom is 0.191 e. The number of aromatic nitrogens is 1. The molecule has 124 valence electrons. The van der Waals surface area contributed by atoms with E-state index in [9.17, 15) is 4.39 Å². The second kappa shape index (κ2) is 8.98. The monoisotopic (exact) mass is 398 g/mol. The van der Waals surface area contributed by atoms with E-state index < -0.39 is 0 Å². The van der Waals surface area contributed by atoms with E-state index in [0.717, 1.165) is 28.9 Å². The van der Waals surface area contributed by atoms with Crippen LogP contribution in [0.15, 0.2) is 33.9 Å². The van der Waals surface area contributed by atoms with Crippen LogP contribution < -0.4 is 10.6 Å². The van der Waals surface area contributed by atoms with Crippen molar-refractivity contribution in [3.05, 3.63) is 50.1 Å². The van der Waals surface area contributed by atoms with Crippen LogP contribution in [0.4, 0.5) is 4.39 Å². The van der Waals surface area contributed by atoms with Gasteiger partial charge in [-0.15, -0.1) is 11.3 Å². The fourth-order valence-corrected chi connectivity index (χ4v) is 3.17. The first kappa shape index (κ1) is 17.9. The fraction of sp³-hybridized carbons (Fsp3) is 0.375. The summed E-state index contributed by atoms with van der Waals surface area (Å²) in [5.41, 5.74) is 0.601. The van der Waals surface area contributed by atoms with E-state index in [2.05, 4.69) is 43.5 Å². The molecule has 0 aliphatic carbocycles. The van der Waals surface area contributed by atoms with Crippen molar-refractivity contribution in [2.75, 3.05) is 13.6 Å². The van der Waals surface area contributed by atoms with Crippen molar-refractivity contribution in [3.63, 3.8) is 0 Å². The number of halogens is 2. The summed E-state index contributed by atoms with van der Waals surface area (Å²) < 4.78 is 14.5. The van der Waals surface area contributed by atoms with Gasteiger partial charge in [0.25, 0.3) is 0 Å². The van der Waals surface area contributed by atoms with E-state index in [0.29, 0.717) is 18.1 Å². The molecule has 0 saturated carbocycles. The standard InChI is InChI=1S/C16H20BrFN4S/c1-3-13-10-21-15(23-13)6-7-20-16(19-2)22-9-11-4-5-12(17)8-14(11)18/h4-5,8,10H,3,6-7,9H2,1-2H3,(H2,19,20,22). The zero-order valence-corrected chi connectivity index (χ0v) is 15.6. The molecule has 0 bridgehead atoms. The first-order valence-electron chi connectivity index (χ1n) is 7.44. The van der Waals surface area contributed by atoms with Gasteiger partial charge in [-0.25, -0.2) is 9.37 Å². The van der Waals surface area contributed by atoms with Gasteiger partial charge in [0.15, 0.2) is 5.96 Å². The molecule has 1 heterocycles. The average Bonchev–Trinajstić information content (AvgIpc) is 3.00. The molecule has 0 unspecified atom stereocenters. The zero-order valence-electron chi connectivity index (χ0n) is 13.2. The number of hydrogen-bond donors (Lipinski definition) is 2. The molecule has 0 aliphatic rings. The molecule has 7 heteroatoms. The number of aliphatic imine (C=N–C) groups is 1. The van der Waals surface area contributed by atoms with Crippen LogP contribution in [0.1, 0.15) is 22.4 Å². The highest BCUT2D eigenvalue weighted by Crippen LogP contribution is 2.15. The lowest BCUT2D eigenvalue weighted by molar-refractivity contribution is 0.604. The average molecular weight is 399 g/mol. The Hall–Kier alpha value is -1.47. The van der Waals surface area contributed by atoms with Gasteiger partial charge < -0.3 is 10.6 Å². The van der Waals surface area contributed by atoms with Crippen LogP contribution in [-0.4, -0.2) is 24.5 Å². The first-order valence-corrected chi connectivity index (χ1v) is 9.05. The van der Waals surface area contributed by atoms with Gasteiger partial charge in [-0.2, -0.15) is 0 Å². The second-order valence-corrected chi connectivity index (χ2v) is 7.03. The van der Waals surface area contributed by atoms with Crippen molar-refractivity contribution < 1.29 is 4.39 Å². The highest BCUT2D eigenvalue weighted by atomic mass is 79.9. The predicted molar refractivity (Wildman–Crippen MR) is 97.5 cm³/mol. The summed E-state index contributed by atoms with van der Waals surface area (Å²) in [6.07, 6.45) is 3.80. The molecule has 0 atom stereocenters. The molecule has 0 spiro atoms. The van der Waals surface area contributed by atoms with Gasteiger partial charge in [0.1, 0.15) is 5.82 Å². The first-order chi connectivity index (χ1) is 11.1. The van der Waals surface area contributed by atoms with Crippen molar-refractivity contribution in [2.24, 2.45) is 4.99 Å². The molecule has 0 fully saturated rings. The van der Waals surface area contributed by atoms with Gasteiger partial charge in [-0.3, -0.25) is 4.99 Å². The molecular formula is C16H20BrFN4S. The predicted octanol–water partition coefficient (Wildman–Crippen LogP) is 3.51. The quantitative estimate of drug-likeness (QED) is 0.577. The van der Waals surface area contributed by atoms with Crippen LogP contribution in [0, 0.1) is 5.82 Å². The van der Waals surface area contributed by atoms with Crippen LogP contribution >= 0.6 is 27.3 Å². The Morgan fingerprint density at radius 1 is 1.39 bits per heavy atom. The molecule has 4 nitrogen and oxygen atoms in total. The maximum atomic E-state index is 13.8. The molecule has 0 aliphatic heterocycles. The Morgan fingerprint density at radius 2 is 2.22 bits per heavy atom. The molecule has 0 amide bonds. The summed E-state index contributed by atoms with van der Waals surface area (Å²) in [6.45, 7) is 3.25. The third-order valence-electron chi connectivity index (χ3n) is 3.27. The molecular weight excluding hydrogens is 379 g/mol. The summed E-state index contributed by atoms with van der Waals surface area (Å²) in [7, 11) is 1.70. The van der Waals surface area contributed by atoms with Crippen molar-refractivity contribution in [1.29, 1.82) is 0 Å². The topological polar surface area (TPSA) is 49.3 Å². The lowest BCUT2D eigenvalue weighted by atomic mass is 10.2. The summed E-state index contributed by atoms with van der Waals surface area (Å²) in [5.74, 6) is 0.414. The number of hydrogen-bond acceptors (Lipinski definition) is 3. The van der Waals surface area contributed by atoms with Crippen LogP contribution in [0.2, 0.25) is 0 Å². The lowest BCUT2D eigenvalue weighted by Gasteiger charge is -2.12. The minimum absolute atomic E-state index is 0.239. The molecule has 2 aromatic rings. The fourth-order valence-electron chi connectivity index (χ4n) is 1.98. The largest absolute Gasteiger partial charge is 0.356 e. The number of nitrogens with zero attached hydrogens (tertiary/aromatic N) is 2. The zero-order chi connectivity index (χ0) is 16.7. The molecule has 1 aromatic carbocycles. The Kier molecular flexibility index (Phi) is 6.98. The third-order valence-corrected chi connectivity index (χ3v) is 4.96. The number of rotatable bonds is 6. The summed E-state index contributed by atoms with van der Waals surface area (Å²) >= 11 is 4.99. The van der Waals surface area contributed by atoms with Crippen LogP contribution in [0.5, 0.6) is 0 Å². The van der Waals surface area contributed by atoms with Crippen molar-refractivity contribution in [1.82, 2.24) is 15.6 Å². The lowest BCUT2D eigenvalue weighted by Crippen LogP contribution is -2.38. The van der Waals surface area contributed by atoms with Gasteiger partial charge >= 0.3 is 0 Å². The number of nitrogens with one attached hydrogen (secondary N) is 2. The normalized spacial score (nSPS) is 11.6. The second-order valence-electron chi connectivity index (χ2n) is 4.91. The molecule has 2 rings (SSSR count). The van der Waals surface area contributed by atoms with Gasteiger partial charge in [-0.1, -0.05) is 28.9 Å². The number of guanidine groups is 1. The molecule has 1 aromatic heterocycles. The molecule has 0 saturated heterocycles. The van der Waals surface area contributed by atoms with Crippen LogP contribution in [0.3, 0.4) is 0 Å². The highest BCUT2D eigenvalue weighted by Gasteiger charge is 2.05. The highest BCUT2D eigenvalue weighted by molar-refractivity contribution is 9.10. The summed E-state index contributed by atoms with van der Waals surface area (Å²) in [4.78, 5) is 9.84. The molecule has 2 N–H and O–H groups in total. The van der Waals surface area contributed by atoms with Crippen molar-refractivity contribution >= 4 is 33.2 Å². The maximum absolute atomic E-state index is 13.8. The van der Waals surface area contributed by atoms with Gasteiger partial charge in [-0.05, 0) is 18.6 Å². The van der Waals surface area contributed by atoms with E-state index in [-0.39, 0.29) is 5.82 Å². The van der Waals surface area contributed by atoms with Gasteiger partial charge in [0.2, 0.25) is 0 Å². The third kappa shape index (κ3) is 5.58. The van der Waals surface area contributed by atoms with E-state index in [4.69, 9.17) is 0 Å². The van der Waals surface area contributed by atoms with E-state index in [1.807, 2.05) is 12.3 Å². The van der Waals surface area contributed by atoms with E-state index in [1.54, 1.807) is 24.5 Å². The Morgan fingerprint density at radius 3 is 2.87 bits per heavy atom. The van der Waals surface area contributed by atoms with Crippen LogP contribution in [-0.2, 0) is 19.4 Å². The minimum Gasteiger partial charge on any atom is -0.356 e. The SMILES string of the molecule is CCc1cnc(CCNC(=NC)NCc2ccc(Br)cc2F)s1. The van der Waals surface area contributed by atoms with E-state index >= 15 is 0 Å². The molecule has 23 heavy (non-hydrogen) atoms. The summed E-state index contributed by atoms with van der Waals surface area (Å²) in [6, 6.07) is 5.03. The number of thiazole rings is 1. The number of benzene rings is 1. The smallest absolute Gasteiger partial charge is 0.191 e. The Labute approximate surface area is 148 Å². The Balaban J connectivity index is 1.79. The van der Waals surface area contributed by atoms with Gasteiger partial charge in [0, 0.05) is 47.7 Å². The number of aryl methyl sites for hydroxylation is 1. The van der Waals surface area contributed by atoms with Crippen LogP contribution in [0.25, 0.3) is 0 Å². The summed E-state index contributed by atoms with van der Waals surface area (Å²) in [5, 5.41) is 7.45. The van der Waals surface area contributed by atoms with Crippen molar-refractivity contribution in [2.45, 2.75) is 26.3 Å². The van der Waals surface area contributed by atoms with Crippen molar-refractivity contribution in [3.8, 4) is 0 Å². The van der Waals surface area contributed by atoms with E-state index in [1.165, 1.54) is 10.9 Å². The Bertz CT molecular complexity index is 672. The van der Waals surface area contributed by atoms with Gasteiger partial charge in [0.05, 0.1) is 5.01 Å². The minimum atomic E-state index is -0.239. The molecule has 0 radical (unpaired) electrons.